The highest BCUT2D eigenvalue weighted by Gasteiger charge is 2.61. The number of rotatable bonds is 8. The second kappa shape index (κ2) is 13.3. The number of carbonyl (C=O) groups is 2. The number of aromatic nitrogens is 1. The van der Waals surface area contributed by atoms with E-state index in [1.165, 1.54) is 49.7 Å². The molecule has 12 nitrogen and oxygen atoms in total. The maximum absolute atomic E-state index is 14.9. The van der Waals surface area contributed by atoms with E-state index in [0.29, 0.717) is 36.5 Å². The van der Waals surface area contributed by atoms with Gasteiger partial charge in [-0.25, -0.2) is 18.2 Å². The summed E-state index contributed by atoms with van der Waals surface area (Å²) in [5, 5.41) is 0.210. The molecule has 2 amide bonds. The summed E-state index contributed by atoms with van der Waals surface area (Å²) in [5.41, 5.74) is -2.17. The number of para-hydroxylation sites is 1. The summed E-state index contributed by atoms with van der Waals surface area (Å²) in [5.74, 6) is -0.970. The van der Waals surface area contributed by atoms with Crippen molar-refractivity contribution in [3.8, 4) is 11.6 Å². The minimum absolute atomic E-state index is 0.0171. The van der Waals surface area contributed by atoms with Crippen molar-refractivity contribution >= 4 is 39.3 Å². The van der Waals surface area contributed by atoms with Gasteiger partial charge in [0.1, 0.15) is 10.6 Å². The quantitative estimate of drug-likeness (QED) is 0.345. The average molecular weight is 684 g/mol. The Morgan fingerprint density at radius 1 is 1.00 bits per heavy atom. The normalized spacial score (nSPS) is 21.1. The topological polar surface area (TPSA) is 122 Å². The number of amides is 2. The summed E-state index contributed by atoms with van der Waals surface area (Å²) in [4.78, 5) is 39.5. The van der Waals surface area contributed by atoms with Gasteiger partial charge in [0, 0.05) is 49.0 Å². The molecular formula is C33H38ClN5O7S. The standard InChI is InChI=1S/C33H38ClN5O7S/c1-4-45-30-25(8-7-15-35-30)33(46-32(41)38-20-18-37(19-21-38)24-13-16-36(2)17-14-24)26-22-23(34)11-12-27(26)39(31(33)40)47(42,43)29-10-6-5-9-28(29)44-3/h5-12,15,22,24H,4,13-14,16-21H2,1-3H3. The summed E-state index contributed by atoms with van der Waals surface area (Å²) in [6.07, 6.45) is 2.84. The Labute approximate surface area is 279 Å². The van der Waals surface area contributed by atoms with Crippen molar-refractivity contribution in [2.75, 3.05) is 64.3 Å². The first-order chi connectivity index (χ1) is 22.6. The Bertz CT molecular complexity index is 1760. The van der Waals surface area contributed by atoms with Crippen molar-refractivity contribution in [3.05, 3.63) is 76.9 Å². The fourth-order valence-electron chi connectivity index (χ4n) is 6.65. The van der Waals surface area contributed by atoms with E-state index in [1.54, 1.807) is 30.0 Å². The molecule has 14 heteroatoms. The van der Waals surface area contributed by atoms with Crippen LogP contribution in [0.2, 0.25) is 5.02 Å². The molecule has 3 aliphatic heterocycles. The monoisotopic (exact) mass is 683 g/mol. The minimum Gasteiger partial charge on any atom is -0.495 e. The van der Waals surface area contributed by atoms with E-state index in [2.05, 4.69) is 21.8 Å². The van der Waals surface area contributed by atoms with Gasteiger partial charge in [0.05, 0.1) is 25.0 Å². The molecule has 3 aliphatic rings. The number of carbonyl (C=O) groups excluding carboxylic acids is 2. The van der Waals surface area contributed by atoms with E-state index in [-0.39, 0.29) is 45.0 Å². The molecule has 0 radical (unpaired) electrons. The van der Waals surface area contributed by atoms with Crippen LogP contribution in [0.3, 0.4) is 0 Å². The van der Waals surface area contributed by atoms with E-state index in [4.69, 9.17) is 25.8 Å². The molecule has 1 atom stereocenters. The van der Waals surface area contributed by atoms with Gasteiger partial charge in [-0.05, 0) is 82.4 Å². The van der Waals surface area contributed by atoms with Crippen LogP contribution in [0.15, 0.2) is 65.7 Å². The predicted octanol–water partition coefficient (Wildman–Crippen LogP) is 3.97. The number of sulfonamides is 1. The summed E-state index contributed by atoms with van der Waals surface area (Å²) in [6, 6.07) is 13.9. The van der Waals surface area contributed by atoms with Crippen LogP contribution < -0.4 is 13.8 Å². The first-order valence-corrected chi connectivity index (χ1v) is 17.4. The number of piperidine rings is 1. The van der Waals surface area contributed by atoms with Crippen LogP contribution in [0.1, 0.15) is 30.9 Å². The summed E-state index contributed by atoms with van der Waals surface area (Å²) in [6.45, 7) is 6.06. The molecule has 0 N–H and O–H groups in total. The molecule has 2 fully saturated rings. The Hall–Kier alpha value is -3.91. The third kappa shape index (κ3) is 5.90. The number of pyridine rings is 1. The second-order valence-electron chi connectivity index (χ2n) is 11.8. The fraction of sp³-hybridized carbons (Fsp3) is 0.424. The van der Waals surface area contributed by atoms with Gasteiger partial charge in [0.25, 0.3) is 21.5 Å². The average Bonchev–Trinajstić information content (AvgIpc) is 3.33. The van der Waals surface area contributed by atoms with Crippen LogP contribution in [0.25, 0.3) is 0 Å². The van der Waals surface area contributed by atoms with Gasteiger partial charge in [0.2, 0.25) is 5.88 Å². The summed E-state index contributed by atoms with van der Waals surface area (Å²) < 4.78 is 46.9. The molecule has 6 rings (SSSR count). The van der Waals surface area contributed by atoms with Crippen molar-refractivity contribution in [2.24, 2.45) is 0 Å². The predicted molar refractivity (Wildman–Crippen MR) is 175 cm³/mol. The molecule has 2 aromatic carbocycles. The number of nitrogens with zero attached hydrogens (tertiary/aromatic N) is 5. The van der Waals surface area contributed by atoms with Crippen LogP contribution >= 0.6 is 11.6 Å². The van der Waals surface area contributed by atoms with E-state index in [1.807, 2.05) is 0 Å². The van der Waals surface area contributed by atoms with Crippen LogP contribution in [0, 0.1) is 0 Å². The Kier molecular flexibility index (Phi) is 9.34. The van der Waals surface area contributed by atoms with Gasteiger partial charge < -0.3 is 24.0 Å². The first-order valence-electron chi connectivity index (χ1n) is 15.6. The van der Waals surface area contributed by atoms with Crippen molar-refractivity contribution in [3.63, 3.8) is 0 Å². The smallest absolute Gasteiger partial charge is 0.411 e. The van der Waals surface area contributed by atoms with E-state index >= 15 is 0 Å². The molecule has 0 saturated carbocycles. The zero-order valence-corrected chi connectivity index (χ0v) is 28.2. The molecule has 3 aromatic rings. The van der Waals surface area contributed by atoms with Gasteiger partial charge in [0.15, 0.2) is 0 Å². The van der Waals surface area contributed by atoms with Crippen molar-refractivity contribution in [2.45, 2.75) is 36.3 Å². The number of fused-ring (bicyclic) bond motifs is 1. The van der Waals surface area contributed by atoms with Crippen LogP contribution in [0.5, 0.6) is 11.6 Å². The third-order valence-electron chi connectivity index (χ3n) is 9.08. The molecule has 0 spiro atoms. The van der Waals surface area contributed by atoms with Gasteiger partial charge in [-0.2, -0.15) is 4.31 Å². The summed E-state index contributed by atoms with van der Waals surface area (Å²) in [7, 11) is -1.14. The van der Waals surface area contributed by atoms with Crippen molar-refractivity contribution < 1.29 is 32.2 Å². The van der Waals surface area contributed by atoms with Gasteiger partial charge in [-0.15, -0.1) is 0 Å². The van der Waals surface area contributed by atoms with E-state index in [0.717, 1.165) is 25.9 Å². The lowest BCUT2D eigenvalue weighted by molar-refractivity contribution is -0.132. The lowest BCUT2D eigenvalue weighted by Crippen LogP contribution is -2.55. The molecular weight excluding hydrogens is 646 g/mol. The number of piperazine rings is 1. The number of halogens is 1. The zero-order chi connectivity index (χ0) is 33.3. The van der Waals surface area contributed by atoms with Crippen LogP contribution in [-0.2, 0) is 25.2 Å². The van der Waals surface area contributed by atoms with E-state index < -0.39 is 27.6 Å². The second-order valence-corrected chi connectivity index (χ2v) is 14.0. The SMILES string of the molecule is CCOc1ncccc1C1(OC(=O)N2CCN(C3CCN(C)CC3)CC2)C(=O)N(S(=O)(=O)c2ccccc2OC)c2ccc(Cl)cc21. The maximum atomic E-state index is 14.9. The first kappa shape index (κ1) is 33.0. The molecule has 1 aromatic heterocycles. The number of anilines is 1. The van der Waals surface area contributed by atoms with Crippen LogP contribution in [0.4, 0.5) is 10.5 Å². The maximum Gasteiger partial charge on any atom is 0.411 e. The fourth-order valence-corrected chi connectivity index (χ4v) is 8.44. The molecule has 47 heavy (non-hydrogen) atoms. The Morgan fingerprint density at radius 2 is 1.72 bits per heavy atom. The largest absolute Gasteiger partial charge is 0.495 e. The molecule has 250 valence electrons. The third-order valence-corrected chi connectivity index (χ3v) is 11.0. The lowest BCUT2D eigenvalue weighted by Gasteiger charge is -2.42. The lowest BCUT2D eigenvalue weighted by atomic mass is 9.87. The molecule has 1 unspecified atom stereocenters. The van der Waals surface area contributed by atoms with E-state index in [9.17, 15) is 18.0 Å². The molecule has 2 saturated heterocycles. The number of hydrogen-bond acceptors (Lipinski definition) is 10. The number of hydrogen-bond donors (Lipinski definition) is 0. The van der Waals surface area contributed by atoms with Crippen LogP contribution in [-0.4, -0.2) is 106 Å². The number of ether oxygens (including phenoxy) is 3. The van der Waals surface area contributed by atoms with Gasteiger partial charge >= 0.3 is 6.09 Å². The highest BCUT2D eigenvalue weighted by atomic mass is 35.5. The Balaban J connectivity index is 1.42. The number of likely N-dealkylation sites (tertiary alicyclic amines) is 1. The molecule has 4 heterocycles. The van der Waals surface area contributed by atoms with Gasteiger partial charge in [-0.1, -0.05) is 23.7 Å². The zero-order valence-electron chi connectivity index (χ0n) is 26.6. The minimum atomic E-state index is -4.61. The molecule has 0 aliphatic carbocycles. The number of methoxy groups -OCH3 is 1. The molecule has 0 bridgehead atoms. The van der Waals surface area contributed by atoms with Gasteiger partial charge in [-0.3, -0.25) is 9.69 Å². The Morgan fingerprint density at radius 3 is 2.43 bits per heavy atom. The summed E-state index contributed by atoms with van der Waals surface area (Å²) >= 11 is 6.49. The number of benzene rings is 2. The van der Waals surface area contributed by atoms with Crippen molar-refractivity contribution in [1.29, 1.82) is 0 Å². The highest BCUT2D eigenvalue weighted by molar-refractivity contribution is 7.93. The highest BCUT2D eigenvalue weighted by Crippen LogP contribution is 2.52. The van der Waals surface area contributed by atoms with Crippen molar-refractivity contribution in [1.82, 2.24) is 19.7 Å².